The number of aromatic nitrogens is 1. The van der Waals surface area contributed by atoms with Gasteiger partial charge in [0.25, 0.3) is 5.19 Å². The van der Waals surface area contributed by atoms with E-state index in [0.717, 1.165) is 74.6 Å². The van der Waals surface area contributed by atoms with Crippen molar-refractivity contribution in [3.63, 3.8) is 0 Å². The average molecular weight is 655 g/mol. The van der Waals surface area contributed by atoms with Gasteiger partial charge in [-0.15, -0.1) is 0 Å². The van der Waals surface area contributed by atoms with Crippen LogP contribution in [0.3, 0.4) is 0 Å². The molecule has 0 radical (unpaired) electrons. The van der Waals surface area contributed by atoms with Crippen molar-refractivity contribution in [1.29, 1.82) is 0 Å². The summed E-state index contributed by atoms with van der Waals surface area (Å²) in [7, 11) is 0. The van der Waals surface area contributed by atoms with Gasteiger partial charge >= 0.3 is 144 Å². The summed E-state index contributed by atoms with van der Waals surface area (Å²) in [6.07, 6.45) is 5.50. The Bertz CT molecular complexity index is 967. The van der Waals surface area contributed by atoms with Crippen molar-refractivity contribution in [3.05, 3.63) is 10.6 Å². The van der Waals surface area contributed by atoms with Gasteiger partial charge in [-0.05, 0) is 6.42 Å². The number of amides is 1. The van der Waals surface area contributed by atoms with Gasteiger partial charge in [0.1, 0.15) is 0 Å². The Morgan fingerprint density at radius 3 is 2.65 bits per heavy atom. The first-order valence-electron chi connectivity index (χ1n) is 13.2. The standard InChI is InChI=1S/C25H36F3IN5O2S/c1-17-29-30-15-18(31-17)14-21(35)33-24-7-4-23(5-8-24,6-9-24)10-13-34-11-2-19-20(3-12-34)37-22(32-19)36-16-25(26,27)28/h17,30H,2-16H2,1H3,(H,33,35)/q-1. The number of nitrogens with one attached hydrogen (secondary N) is 2. The molecular formula is C25H36F3IN5O2S-. The number of nitrogens with zero attached hydrogens (tertiary/aromatic N) is 3. The van der Waals surface area contributed by atoms with Crippen molar-refractivity contribution in [1.82, 2.24) is 18.7 Å². The van der Waals surface area contributed by atoms with E-state index in [9.17, 15) is 18.0 Å². The Kier molecular flexibility index (Phi) is 8.38. The van der Waals surface area contributed by atoms with Crippen LogP contribution in [0.25, 0.3) is 0 Å². The third-order valence-corrected chi connectivity index (χ3v) is 11.5. The summed E-state index contributed by atoms with van der Waals surface area (Å²) in [5, 5.41) is 3.55. The molecule has 37 heavy (non-hydrogen) atoms. The fourth-order valence-corrected chi connectivity index (χ4v) is 8.99. The Balaban J connectivity index is 1.06. The van der Waals surface area contributed by atoms with Crippen LogP contribution in [0, 0.1) is 5.41 Å². The predicted octanol–water partition coefficient (Wildman–Crippen LogP) is 0.868. The maximum absolute atomic E-state index is 12.8. The zero-order valence-electron chi connectivity index (χ0n) is 21.3. The van der Waals surface area contributed by atoms with Gasteiger partial charge in [-0.25, -0.2) is 4.98 Å². The van der Waals surface area contributed by atoms with E-state index in [1.807, 2.05) is 0 Å². The third-order valence-electron chi connectivity index (χ3n) is 8.43. The van der Waals surface area contributed by atoms with Gasteiger partial charge in [-0.2, -0.15) is 13.2 Å². The molecule has 1 aromatic heterocycles. The first-order valence-corrected chi connectivity index (χ1v) is 16.4. The summed E-state index contributed by atoms with van der Waals surface area (Å²) < 4.78 is 46.0. The minimum absolute atomic E-state index is 0.0332. The summed E-state index contributed by atoms with van der Waals surface area (Å²) in [6.45, 7) is 4.42. The van der Waals surface area contributed by atoms with E-state index < -0.39 is 12.8 Å². The SMILES string of the molecule is CC1N=C(CC(=O)NC23CCC(CCN4CCc5nc(OCC(F)(F)F)sc5CC4)(CC2)CC3)CN[I-]1. The van der Waals surface area contributed by atoms with Gasteiger partial charge in [-0.1, -0.05) is 11.3 Å². The molecule has 2 aliphatic heterocycles. The molecule has 0 saturated heterocycles. The van der Waals surface area contributed by atoms with Gasteiger partial charge in [0.05, 0.1) is 5.69 Å². The second-order valence-corrected chi connectivity index (χ2v) is 15.3. The van der Waals surface area contributed by atoms with E-state index in [2.05, 4.69) is 30.6 Å². The summed E-state index contributed by atoms with van der Waals surface area (Å²) in [5.74, 6) is 0.125. The van der Waals surface area contributed by atoms with Crippen LogP contribution in [0.5, 0.6) is 5.19 Å². The molecule has 1 amide bonds. The Morgan fingerprint density at radius 1 is 1.22 bits per heavy atom. The van der Waals surface area contributed by atoms with Crippen LogP contribution in [0.1, 0.15) is 68.9 Å². The van der Waals surface area contributed by atoms with Crippen molar-refractivity contribution in [2.24, 2.45) is 10.4 Å². The molecule has 1 atom stereocenters. The van der Waals surface area contributed by atoms with E-state index in [1.54, 1.807) is 0 Å². The second-order valence-electron chi connectivity index (χ2n) is 11.0. The van der Waals surface area contributed by atoms with Crippen molar-refractivity contribution in [2.75, 3.05) is 32.8 Å². The number of halogens is 4. The topological polar surface area (TPSA) is 78.9 Å². The van der Waals surface area contributed by atoms with E-state index in [4.69, 9.17) is 4.74 Å². The van der Waals surface area contributed by atoms with Crippen molar-refractivity contribution < 1.29 is 44.2 Å². The molecule has 6 rings (SSSR count). The molecule has 3 aliphatic carbocycles. The molecule has 1 unspecified atom stereocenters. The first kappa shape index (κ1) is 27.6. The fourth-order valence-electron chi connectivity index (χ4n) is 6.22. The van der Waals surface area contributed by atoms with Crippen LogP contribution >= 0.6 is 11.3 Å². The summed E-state index contributed by atoms with van der Waals surface area (Å²) in [6, 6.07) is 0. The van der Waals surface area contributed by atoms with E-state index in [-0.39, 0.29) is 38.1 Å². The molecule has 1 aromatic rings. The van der Waals surface area contributed by atoms with Gasteiger partial charge in [0.2, 0.25) is 0 Å². The molecule has 3 saturated carbocycles. The molecular weight excluding hydrogens is 618 g/mol. The molecule has 3 fully saturated rings. The monoisotopic (exact) mass is 654 g/mol. The number of rotatable bonds is 8. The quantitative estimate of drug-likeness (QED) is 0.189. The normalized spacial score (nSPS) is 30.6. The molecule has 0 spiro atoms. The van der Waals surface area contributed by atoms with Crippen LogP contribution in [0.4, 0.5) is 13.2 Å². The Hall–Kier alpha value is -0.990. The van der Waals surface area contributed by atoms with Crippen LogP contribution in [-0.2, 0) is 17.6 Å². The van der Waals surface area contributed by atoms with Crippen LogP contribution in [-0.4, -0.2) is 70.1 Å². The van der Waals surface area contributed by atoms with Crippen LogP contribution in [0.15, 0.2) is 4.99 Å². The van der Waals surface area contributed by atoms with Gasteiger partial charge in [0.15, 0.2) is 6.61 Å². The molecule has 12 heteroatoms. The number of fused-ring (bicyclic) bond motifs is 4. The van der Waals surface area contributed by atoms with Gasteiger partial charge < -0.3 is 9.64 Å². The second kappa shape index (κ2) is 11.2. The number of ether oxygens (including phenoxy) is 1. The molecule has 2 bridgehead atoms. The number of hydrogen-bond acceptors (Lipinski definition) is 7. The van der Waals surface area contributed by atoms with Crippen molar-refractivity contribution >= 4 is 23.0 Å². The fraction of sp³-hybridized carbons (Fsp3) is 0.800. The number of hydrogen-bond donors (Lipinski definition) is 2. The van der Waals surface area contributed by atoms with Gasteiger partial charge in [0, 0.05) is 24.4 Å². The van der Waals surface area contributed by atoms with Crippen LogP contribution < -0.4 is 35.1 Å². The zero-order chi connectivity index (χ0) is 26.1. The molecule has 3 heterocycles. The summed E-state index contributed by atoms with van der Waals surface area (Å²) >= 11 is 1.19. The number of alkyl halides is 4. The van der Waals surface area contributed by atoms with E-state index in [0.29, 0.717) is 15.9 Å². The summed E-state index contributed by atoms with van der Waals surface area (Å²) in [4.78, 5) is 25.4. The molecule has 7 nitrogen and oxygen atoms in total. The number of carbonyl (C=O) groups is 1. The predicted molar refractivity (Wildman–Crippen MR) is 133 cm³/mol. The first-order chi connectivity index (χ1) is 17.6. The van der Waals surface area contributed by atoms with Crippen LogP contribution in [0.2, 0.25) is 0 Å². The Morgan fingerprint density at radius 2 is 1.95 bits per heavy atom. The van der Waals surface area contributed by atoms with Gasteiger partial charge in [-0.3, -0.25) is 0 Å². The molecule has 2 N–H and O–H groups in total. The number of carbonyl (C=O) groups excluding carboxylic acids is 1. The van der Waals surface area contributed by atoms with E-state index in [1.165, 1.54) is 37.0 Å². The van der Waals surface area contributed by atoms with Crippen molar-refractivity contribution in [3.8, 4) is 5.19 Å². The number of thiazole rings is 1. The zero-order valence-corrected chi connectivity index (χ0v) is 24.2. The molecule has 5 aliphatic rings. The molecule has 0 aromatic carbocycles. The minimum atomic E-state index is -4.34. The number of aliphatic imine (C=N–C) groups is 1. The van der Waals surface area contributed by atoms with Crippen molar-refractivity contribution in [2.45, 2.75) is 86.9 Å². The molecule has 208 valence electrons. The third kappa shape index (κ3) is 7.16. The summed E-state index contributed by atoms with van der Waals surface area (Å²) in [5.41, 5.74) is 2.22. The van der Waals surface area contributed by atoms with E-state index >= 15 is 0 Å². The Labute approximate surface area is 231 Å². The maximum atomic E-state index is 12.8. The average Bonchev–Trinajstić information content (AvgIpc) is 3.15.